The fraction of sp³-hybridized carbons (Fsp3) is 0.667. The van der Waals surface area contributed by atoms with Crippen molar-refractivity contribution in [2.24, 2.45) is 7.05 Å². The summed E-state index contributed by atoms with van der Waals surface area (Å²) in [5.41, 5.74) is 0.988. The van der Waals surface area contributed by atoms with Gasteiger partial charge < -0.3 is 5.11 Å². The molecule has 1 heterocycles. The van der Waals surface area contributed by atoms with Gasteiger partial charge in [0.15, 0.2) is 0 Å². The van der Waals surface area contributed by atoms with Crippen LogP contribution in [-0.2, 0) is 23.3 Å². The summed E-state index contributed by atoms with van der Waals surface area (Å²) in [7, 11) is -1.28. The van der Waals surface area contributed by atoms with E-state index < -0.39 is 15.9 Å². The molecule has 5 nitrogen and oxygen atoms in total. The minimum absolute atomic E-state index is 0.176. The van der Waals surface area contributed by atoms with Crippen molar-refractivity contribution in [2.75, 3.05) is 12.0 Å². The lowest BCUT2D eigenvalue weighted by Gasteiger charge is -2.08. The standard InChI is InChI=1S/C9H16N2O3S/c1-11-8(5-6-10-11)3-4-9(12)7-15(2,13)14/h5-6,9,12H,3-4,7H2,1-2H3. The Morgan fingerprint density at radius 2 is 2.27 bits per heavy atom. The summed E-state index contributed by atoms with van der Waals surface area (Å²) in [6.45, 7) is 0. The molecule has 1 atom stereocenters. The van der Waals surface area contributed by atoms with Gasteiger partial charge in [0.25, 0.3) is 0 Å². The molecule has 0 aromatic carbocycles. The Morgan fingerprint density at radius 3 is 2.73 bits per heavy atom. The Morgan fingerprint density at radius 1 is 1.60 bits per heavy atom. The predicted octanol–water partition coefficient (Wildman–Crippen LogP) is -0.242. The summed E-state index contributed by atoms with van der Waals surface area (Å²) in [5.74, 6) is -0.176. The molecule has 1 unspecified atom stereocenters. The van der Waals surface area contributed by atoms with Crippen molar-refractivity contribution in [1.29, 1.82) is 0 Å². The third-order valence-electron chi connectivity index (χ3n) is 2.15. The lowest BCUT2D eigenvalue weighted by atomic mass is 10.2. The van der Waals surface area contributed by atoms with Crippen LogP contribution in [-0.4, -0.2) is 41.4 Å². The average Bonchev–Trinajstić information content (AvgIpc) is 2.44. The third-order valence-corrected chi connectivity index (χ3v) is 3.14. The van der Waals surface area contributed by atoms with Gasteiger partial charge in [-0.1, -0.05) is 0 Å². The highest BCUT2D eigenvalue weighted by Crippen LogP contribution is 2.05. The Labute approximate surface area is 89.6 Å². The van der Waals surface area contributed by atoms with Crippen molar-refractivity contribution < 1.29 is 13.5 Å². The Kier molecular flexibility index (Phi) is 3.87. The van der Waals surface area contributed by atoms with Crippen LogP contribution in [0.25, 0.3) is 0 Å². The molecular weight excluding hydrogens is 216 g/mol. The number of hydrogen-bond acceptors (Lipinski definition) is 4. The number of aliphatic hydroxyl groups is 1. The smallest absolute Gasteiger partial charge is 0.149 e. The number of rotatable bonds is 5. The van der Waals surface area contributed by atoms with E-state index in [1.54, 1.807) is 10.9 Å². The van der Waals surface area contributed by atoms with Crippen molar-refractivity contribution in [3.63, 3.8) is 0 Å². The fourth-order valence-corrected chi connectivity index (χ4v) is 2.26. The normalized spacial score (nSPS) is 14.1. The van der Waals surface area contributed by atoms with Crippen molar-refractivity contribution >= 4 is 9.84 Å². The Hall–Kier alpha value is -0.880. The highest BCUT2D eigenvalue weighted by molar-refractivity contribution is 7.90. The van der Waals surface area contributed by atoms with Crippen LogP contribution in [0.1, 0.15) is 12.1 Å². The van der Waals surface area contributed by atoms with Gasteiger partial charge in [-0.25, -0.2) is 8.42 Å². The first-order valence-corrected chi connectivity index (χ1v) is 6.77. The zero-order chi connectivity index (χ0) is 11.5. The number of aliphatic hydroxyl groups excluding tert-OH is 1. The first kappa shape index (κ1) is 12.2. The molecule has 0 fully saturated rings. The monoisotopic (exact) mass is 232 g/mol. The molecule has 0 aliphatic carbocycles. The molecule has 1 N–H and O–H groups in total. The van der Waals surface area contributed by atoms with Gasteiger partial charge in [-0.15, -0.1) is 0 Å². The van der Waals surface area contributed by atoms with Crippen LogP contribution in [0.2, 0.25) is 0 Å². The predicted molar refractivity (Wildman–Crippen MR) is 57.2 cm³/mol. The SMILES string of the molecule is Cn1nccc1CCC(O)CS(C)(=O)=O. The van der Waals surface area contributed by atoms with Gasteiger partial charge in [-0.2, -0.15) is 5.10 Å². The van der Waals surface area contributed by atoms with Gasteiger partial charge >= 0.3 is 0 Å². The number of aromatic nitrogens is 2. The summed E-state index contributed by atoms with van der Waals surface area (Å²) in [5, 5.41) is 13.5. The maximum Gasteiger partial charge on any atom is 0.149 e. The van der Waals surface area contributed by atoms with Crippen molar-refractivity contribution in [1.82, 2.24) is 9.78 Å². The van der Waals surface area contributed by atoms with Gasteiger partial charge in [-0.05, 0) is 18.9 Å². The Balaban J connectivity index is 2.41. The van der Waals surface area contributed by atoms with Crippen molar-refractivity contribution in [3.05, 3.63) is 18.0 Å². The van der Waals surface area contributed by atoms with Gasteiger partial charge in [0.1, 0.15) is 9.84 Å². The second kappa shape index (κ2) is 4.76. The molecule has 6 heteroatoms. The molecule has 0 aliphatic rings. The maximum absolute atomic E-state index is 10.9. The van der Waals surface area contributed by atoms with Crippen LogP contribution in [0.3, 0.4) is 0 Å². The summed E-state index contributed by atoms with van der Waals surface area (Å²) < 4.78 is 23.5. The van der Waals surface area contributed by atoms with Crippen LogP contribution >= 0.6 is 0 Å². The molecule has 0 amide bonds. The minimum Gasteiger partial charge on any atom is -0.392 e. The summed E-state index contributed by atoms with van der Waals surface area (Å²) in [4.78, 5) is 0. The minimum atomic E-state index is -3.10. The highest BCUT2D eigenvalue weighted by atomic mass is 32.2. The van der Waals surface area contributed by atoms with E-state index >= 15 is 0 Å². The van der Waals surface area contributed by atoms with Crippen LogP contribution < -0.4 is 0 Å². The maximum atomic E-state index is 10.9. The first-order chi connectivity index (χ1) is 6.88. The van der Waals surface area contributed by atoms with Gasteiger partial charge in [0.05, 0.1) is 11.9 Å². The molecular formula is C9H16N2O3S. The van der Waals surface area contributed by atoms with E-state index in [1.807, 2.05) is 13.1 Å². The number of nitrogens with zero attached hydrogens (tertiary/aromatic N) is 2. The van der Waals surface area contributed by atoms with Crippen molar-refractivity contribution in [2.45, 2.75) is 18.9 Å². The lowest BCUT2D eigenvalue weighted by Crippen LogP contribution is -2.20. The molecule has 15 heavy (non-hydrogen) atoms. The van der Waals surface area contributed by atoms with Crippen LogP contribution in [0, 0.1) is 0 Å². The number of hydrogen-bond donors (Lipinski definition) is 1. The highest BCUT2D eigenvalue weighted by Gasteiger charge is 2.12. The topological polar surface area (TPSA) is 72.2 Å². The van der Waals surface area contributed by atoms with Crippen LogP contribution in [0.15, 0.2) is 12.3 Å². The van der Waals surface area contributed by atoms with Crippen LogP contribution in [0.4, 0.5) is 0 Å². The molecule has 0 saturated heterocycles. The second-order valence-electron chi connectivity index (χ2n) is 3.73. The van der Waals surface area contributed by atoms with Gasteiger partial charge in [0, 0.05) is 25.2 Å². The zero-order valence-corrected chi connectivity index (χ0v) is 9.74. The largest absolute Gasteiger partial charge is 0.392 e. The van der Waals surface area contributed by atoms with Crippen LogP contribution in [0.5, 0.6) is 0 Å². The second-order valence-corrected chi connectivity index (χ2v) is 5.92. The zero-order valence-electron chi connectivity index (χ0n) is 8.92. The van der Waals surface area contributed by atoms with Crippen molar-refractivity contribution in [3.8, 4) is 0 Å². The summed E-state index contributed by atoms with van der Waals surface area (Å²) in [6, 6.07) is 1.85. The van der Waals surface area contributed by atoms with Gasteiger partial charge in [-0.3, -0.25) is 4.68 Å². The Bertz CT molecular complexity index is 411. The van der Waals surface area contributed by atoms with E-state index in [9.17, 15) is 13.5 Å². The lowest BCUT2D eigenvalue weighted by molar-refractivity contribution is 0.186. The average molecular weight is 232 g/mol. The van der Waals surface area contributed by atoms with E-state index in [2.05, 4.69) is 5.10 Å². The quantitative estimate of drug-likeness (QED) is 0.760. The summed E-state index contributed by atoms with van der Waals surface area (Å²) in [6.07, 6.45) is 3.08. The first-order valence-electron chi connectivity index (χ1n) is 4.71. The van der Waals surface area contributed by atoms with E-state index in [-0.39, 0.29) is 5.75 Å². The third kappa shape index (κ3) is 4.44. The van der Waals surface area contributed by atoms with E-state index in [4.69, 9.17) is 0 Å². The molecule has 0 radical (unpaired) electrons. The molecule has 0 saturated carbocycles. The van der Waals surface area contributed by atoms with E-state index in [0.29, 0.717) is 12.8 Å². The summed E-state index contributed by atoms with van der Waals surface area (Å²) >= 11 is 0. The molecule has 0 bridgehead atoms. The van der Waals surface area contributed by atoms with Gasteiger partial charge in [0.2, 0.25) is 0 Å². The number of sulfone groups is 1. The fourth-order valence-electron chi connectivity index (χ4n) is 1.39. The molecule has 86 valence electrons. The van der Waals surface area contributed by atoms with E-state index in [0.717, 1.165) is 11.9 Å². The molecule has 1 aromatic heterocycles. The molecule has 1 rings (SSSR count). The number of aryl methyl sites for hydroxylation is 2. The van der Waals surface area contributed by atoms with E-state index in [1.165, 1.54) is 0 Å². The molecule has 0 spiro atoms. The molecule has 1 aromatic rings. The molecule has 0 aliphatic heterocycles.